The van der Waals surface area contributed by atoms with Gasteiger partial charge in [-0.15, -0.1) is 0 Å². The quantitative estimate of drug-likeness (QED) is 0.815. The van der Waals surface area contributed by atoms with Crippen LogP contribution in [-0.4, -0.2) is 10.5 Å². The first-order chi connectivity index (χ1) is 10.1. The SMILES string of the molecule is CS1(=O)=NC(CCCc2ccccc2)=Cc2ccccc21. The van der Waals surface area contributed by atoms with Crippen molar-refractivity contribution in [2.75, 3.05) is 6.26 Å². The zero-order valence-electron chi connectivity index (χ0n) is 12.2. The van der Waals surface area contributed by atoms with E-state index < -0.39 is 9.73 Å². The maximum absolute atomic E-state index is 12.7. The van der Waals surface area contributed by atoms with Gasteiger partial charge in [-0.2, -0.15) is 4.36 Å². The van der Waals surface area contributed by atoms with Crippen molar-refractivity contribution in [2.24, 2.45) is 4.36 Å². The number of nitrogens with zero attached hydrogens (tertiary/aromatic N) is 1. The average Bonchev–Trinajstić information content (AvgIpc) is 2.48. The minimum atomic E-state index is -2.28. The third-order valence-corrected chi connectivity index (χ3v) is 5.45. The molecule has 0 aromatic heterocycles. The standard InChI is InChI=1S/C18H19NOS/c1-21(20)18-13-6-5-11-16(18)14-17(19-21)12-7-10-15-8-3-2-4-9-15/h2-6,8-9,11,13-14H,7,10,12H2,1H3. The molecule has 3 rings (SSSR count). The topological polar surface area (TPSA) is 29.4 Å². The fourth-order valence-electron chi connectivity index (χ4n) is 2.66. The number of allylic oxidation sites excluding steroid dienone is 1. The highest BCUT2D eigenvalue weighted by atomic mass is 32.2. The van der Waals surface area contributed by atoms with E-state index in [0.29, 0.717) is 0 Å². The molecule has 2 aromatic rings. The molecule has 108 valence electrons. The summed E-state index contributed by atoms with van der Waals surface area (Å²) in [5, 5.41) is 0. The van der Waals surface area contributed by atoms with Crippen LogP contribution in [0.15, 0.2) is 69.6 Å². The van der Waals surface area contributed by atoms with Crippen LogP contribution in [0.1, 0.15) is 24.0 Å². The Labute approximate surface area is 126 Å². The molecule has 1 heterocycles. The van der Waals surface area contributed by atoms with Crippen molar-refractivity contribution in [3.05, 3.63) is 71.4 Å². The number of benzene rings is 2. The van der Waals surface area contributed by atoms with E-state index in [1.54, 1.807) is 6.26 Å². The monoisotopic (exact) mass is 297 g/mol. The molecule has 2 aromatic carbocycles. The van der Waals surface area contributed by atoms with E-state index in [9.17, 15) is 4.21 Å². The van der Waals surface area contributed by atoms with Crippen LogP contribution < -0.4 is 0 Å². The molecular weight excluding hydrogens is 278 g/mol. The molecule has 0 saturated heterocycles. The van der Waals surface area contributed by atoms with Crippen LogP contribution >= 0.6 is 0 Å². The van der Waals surface area contributed by atoms with Crippen molar-refractivity contribution in [2.45, 2.75) is 24.2 Å². The highest BCUT2D eigenvalue weighted by molar-refractivity contribution is 7.93. The minimum Gasteiger partial charge on any atom is -0.245 e. The summed E-state index contributed by atoms with van der Waals surface area (Å²) in [6.07, 6.45) is 6.73. The smallest absolute Gasteiger partial charge is 0.0774 e. The molecular formula is C18H19NOS. The lowest BCUT2D eigenvalue weighted by molar-refractivity contribution is 0.678. The van der Waals surface area contributed by atoms with Crippen LogP contribution in [0.3, 0.4) is 0 Å². The largest absolute Gasteiger partial charge is 0.245 e. The maximum atomic E-state index is 12.7. The van der Waals surface area contributed by atoms with E-state index in [1.165, 1.54) is 5.56 Å². The molecule has 21 heavy (non-hydrogen) atoms. The number of aryl methyl sites for hydroxylation is 1. The first kappa shape index (κ1) is 14.1. The fourth-order valence-corrected chi connectivity index (χ4v) is 4.24. The first-order valence-corrected chi connectivity index (χ1v) is 9.13. The molecule has 1 unspecified atom stereocenters. The van der Waals surface area contributed by atoms with Gasteiger partial charge in [0.05, 0.1) is 20.3 Å². The van der Waals surface area contributed by atoms with Gasteiger partial charge in [-0.3, -0.25) is 0 Å². The lowest BCUT2D eigenvalue weighted by Gasteiger charge is -2.15. The summed E-state index contributed by atoms with van der Waals surface area (Å²) in [4.78, 5) is 0.858. The summed E-state index contributed by atoms with van der Waals surface area (Å²) < 4.78 is 17.1. The van der Waals surface area contributed by atoms with E-state index in [4.69, 9.17) is 0 Å². The van der Waals surface area contributed by atoms with Crippen LogP contribution in [0.2, 0.25) is 0 Å². The van der Waals surface area contributed by atoms with Crippen molar-refractivity contribution in [1.82, 2.24) is 0 Å². The van der Waals surface area contributed by atoms with E-state index in [2.05, 4.69) is 34.7 Å². The van der Waals surface area contributed by atoms with E-state index in [1.807, 2.05) is 30.3 Å². The number of hydrogen-bond acceptors (Lipinski definition) is 2. The Hall–Kier alpha value is -1.87. The van der Waals surface area contributed by atoms with Crippen LogP contribution in [-0.2, 0) is 16.1 Å². The lowest BCUT2D eigenvalue weighted by Crippen LogP contribution is -2.05. The normalized spacial score (nSPS) is 20.3. The molecule has 1 atom stereocenters. The Morgan fingerprint density at radius 1 is 0.952 bits per heavy atom. The van der Waals surface area contributed by atoms with E-state index in [0.717, 1.165) is 35.4 Å². The lowest BCUT2D eigenvalue weighted by atomic mass is 10.1. The second kappa shape index (κ2) is 5.86. The summed E-state index contributed by atoms with van der Waals surface area (Å²) in [6.45, 7) is 0. The van der Waals surface area contributed by atoms with Gasteiger partial charge >= 0.3 is 0 Å². The second-order valence-electron chi connectivity index (χ2n) is 5.41. The zero-order chi connectivity index (χ0) is 14.7. The summed E-state index contributed by atoms with van der Waals surface area (Å²) >= 11 is 0. The van der Waals surface area contributed by atoms with E-state index >= 15 is 0 Å². The van der Waals surface area contributed by atoms with Gasteiger partial charge in [0.1, 0.15) is 0 Å². The molecule has 0 spiro atoms. The summed E-state index contributed by atoms with van der Waals surface area (Å²) in [6, 6.07) is 18.3. The Kier molecular flexibility index (Phi) is 3.93. The van der Waals surface area contributed by atoms with Gasteiger partial charge in [-0.1, -0.05) is 48.5 Å². The molecule has 3 heteroatoms. The van der Waals surface area contributed by atoms with Gasteiger partial charge in [0.25, 0.3) is 0 Å². The van der Waals surface area contributed by atoms with Crippen molar-refractivity contribution in [3.63, 3.8) is 0 Å². The Morgan fingerprint density at radius 3 is 2.48 bits per heavy atom. The molecule has 0 amide bonds. The molecule has 1 aliphatic rings. The number of fused-ring (bicyclic) bond motifs is 1. The highest BCUT2D eigenvalue weighted by Crippen LogP contribution is 2.28. The van der Waals surface area contributed by atoms with Gasteiger partial charge in [0.15, 0.2) is 0 Å². The molecule has 0 bridgehead atoms. The molecule has 0 aliphatic carbocycles. The van der Waals surface area contributed by atoms with Crippen LogP contribution in [0.25, 0.3) is 6.08 Å². The summed E-state index contributed by atoms with van der Waals surface area (Å²) in [5.74, 6) is 0. The third kappa shape index (κ3) is 3.24. The maximum Gasteiger partial charge on any atom is 0.0774 e. The first-order valence-electron chi connectivity index (χ1n) is 7.21. The predicted octanol–water partition coefficient (Wildman–Crippen LogP) is 4.52. The Bertz CT molecular complexity index is 784. The van der Waals surface area contributed by atoms with Crippen molar-refractivity contribution in [1.29, 1.82) is 0 Å². The van der Waals surface area contributed by atoms with Gasteiger partial charge in [0, 0.05) is 6.26 Å². The van der Waals surface area contributed by atoms with Crippen molar-refractivity contribution in [3.8, 4) is 0 Å². The van der Waals surface area contributed by atoms with Gasteiger partial charge < -0.3 is 0 Å². The van der Waals surface area contributed by atoms with E-state index in [-0.39, 0.29) is 0 Å². The van der Waals surface area contributed by atoms with Gasteiger partial charge in [-0.25, -0.2) is 4.21 Å². The molecule has 0 radical (unpaired) electrons. The van der Waals surface area contributed by atoms with Crippen LogP contribution in [0.5, 0.6) is 0 Å². The summed E-state index contributed by atoms with van der Waals surface area (Å²) in [7, 11) is -2.28. The molecule has 2 nitrogen and oxygen atoms in total. The highest BCUT2D eigenvalue weighted by Gasteiger charge is 2.16. The average molecular weight is 297 g/mol. The summed E-state index contributed by atoms with van der Waals surface area (Å²) in [5.41, 5.74) is 3.35. The number of rotatable bonds is 4. The van der Waals surface area contributed by atoms with Crippen LogP contribution in [0, 0.1) is 0 Å². The van der Waals surface area contributed by atoms with Gasteiger partial charge in [-0.05, 0) is 42.5 Å². The third-order valence-electron chi connectivity index (χ3n) is 3.68. The zero-order valence-corrected chi connectivity index (χ0v) is 13.0. The fraction of sp³-hybridized carbons (Fsp3) is 0.222. The Morgan fingerprint density at radius 2 is 1.67 bits per heavy atom. The predicted molar refractivity (Wildman–Crippen MR) is 88.6 cm³/mol. The second-order valence-corrected chi connectivity index (χ2v) is 7.63. The Balaban J connectivity index is 1.74. The molecule has 0 saturated carbocycles. The van der Waals surface area contributed by atoms with Crippen molar-refractivity contribution >= 4 is 15.8 Å². The molecule has 1 aliphatic heterocycles. The molecule has 0 N–H and O–H groups in total. The minimum absolute atomic E-state index is 0.858. The van der Waals surface area contributed by atoms with Gasteiger partial charge in [0.2, 0.25) is 0 Å². The molecule has 0 fully saturated rings. The van der Waals surface area contributed by atoms with Crippen molar-refractivity contribution < 1.29 is 4.21 Å². The van der Waals surface area contributed by atoms with Crippen LogP contribution in [0.4, 0.5) is 0 Å². The number of hydrogen-bond donors (Lipinski definition) is 0.